The summed E-state index contributed by atoms with van der Waals surface area (Å²) in [6.07, 6.45) is 3.51. The molecule has 0 saturated carbocycles. The number of nitrogens with zero attached hydrogens (tertiary/aromatic N) is 3. The zero-order valence-corrected chi connectivity index (χ0v) is 19.6. The van der Waals surface area contributed by atoms with Crippen molar-refractivity contribution in [2.24, 2.45) is 0 Å². The molecule has 0 radical (unpaired) electrons. The Morgan fingerprint density at radius 2 is 1.83 bits per heavy atom. The minimum absolute atomic E-state index is 0.199. The smallest absolute Gasteiger partial charge is 0.291 e. The molecule has 10 heteroatoms. The van der Waals surface area contributed by atoms with Crippen molar-refractivity contribution in [1.82, 2.24) is 19.7 Å². The highest BCUT2D eigenvalue weighted by atomic mass is 16.5. The number of furan rings is 1. The first-order valence-electron chi connectivity index (χ1n) is 11.2. The predicted octanol–water partition coefficient (Wildman–Crippen LogP) is 4.22. The monoisotopic (exact) mass is 485 g/mol. The van der Waals surface area contributed by atoms with Crippen molar-refractivity contribution in [3.63, 3.8) is 0 Å². The van der Waals surface area contributed by atoms with E-state index >= 15 is 0 Å². The minimum Gasteiger partial charge on any atom is -0.453 e. The molecule has 4 heterocycles. The molecule has 0 spiro atoms. The van der Waals surface area contributed by atoms with Crippen molar-refractivity contribution in [3.8, 4) is 11.5 Å². The molecule has 0 saturated heterocycles. The van der Waals surface area contributed by atoms with E-state index in [1.807, 2.05) is 24.4 Å². The number of pyridine rings is 1. The molecule has 0 atom stereocenters. The summed E-state index contributed by atoms with van der Waals surface area (Å²) < 4.78 is 18.0. The largest absolute Gasteiger partial charge is 0.453 e. The maximum atomic E-state index is 12.5. The van der Waals surface area contributed by atoms with Crippen LogP contribution in [0.1, 0.15) is 38.3 Å². The molecule has 5 rings (SSSR count). The van der Waals surface area contributed by atoms with E-state index in [0.717, 1.165) is 5.56 Å². The molecule has 36 heavy (non-hydrogen) atoms. The molecule has 5 aromatic rings. The van der Waals surface area contributed by atoms with Crippen LogP contribution < -0.4 is 10.6 Å². The van der Waals surface area contributed by atoms with Crippen LogP contribution in [0, 0.1) is 6.92 Å². The van der Waals surface area contributed by atoms with E-state index in [1.54, 1.807) is 61.0 Å². The Labute approximate surface area is 205 Å². The topological polar surface area (TPSA) is 124 Å². The minimum atomic E-state index is -0.360. The fourth-order valence-electron chi connectivity index (χ4n) is 3.62. The van der Waals surface area contributed by atoms with Crippen LogP contribution in [0.2, 0.25) is 0 Å². The van der Waals surface area contributed by atoms with Gasteiger partial charge in [-0.25, -0.2) is 9.97 Å². The first-order chi connectivity index (χ1) is 17.5. The standard InChI is InChI=1S/C26H23N5O5/c1-16-20(13-27-24(32)21-14-31-12-4-3-5-23(31)29-21)30-26(35-16)17-6-8-18(9-7-17)28-25(33)22-11-10-19(36-22)15-34-2/h3-12,14H,13,15H2,1-2H3,(H,27,32)(H,28,33). The van der Waals surface area contributed by atoms with Crippen LogP contribution in [0.25, 0.3) is 17.1 Å². The van der Waals surface area contributed by atoms with Gasteiger partial charge in [-0.1, -0.05) is 6.07 Å². The van der Waals surface area contributed by atoms with Crippen LogP contribution >= 0.6 is 0 Å². The highest BCUT2D eigenvalue weighted by Crippen LogP contribution is 2.24. The molecule has 2 amide bonds. The Bertz CT molecular complexity index is 1500. The second kappa shape index (κ2) is 9.88. The number of anilines is 1. The Hall–Kier alpha value is -4.70. The van der Waals surface area contributed by atoms with Crippen LogP contribution in [0.4, 0.5) is 5.69 Å². The zero-order valence-electron chi connectivity index (χ0n) is 19.6. The number of imidazole rings is 1. The van der Waals surface area contributed by atoms with Crippen LogP contribution in [-0.2, 0) is 17.9 Å². The van der Waals surface area contributed by atoms with Gasteiger partial charge in [0.05, 0.1) is 6.54 Å². The van der Waals surface area contributed by atoms with Gasteiger partial charge in [0, 0.05) is 30.8 Å². The molecule has 0 fully saturated rings. The average molecular weight is 486 g/mol. The maximum Gasteiger partial charge on any atom is 0.291 e. The van der Waals surface area contributed by atoms with Gasteiger partial charge in [-0.2, -0.15) is 0 Å². The first-order valence-corrected chi connectivity index (χ1v) is 11.2. The second-order valence-corrected chi connectivity index (χ2v) is 8.03. The predicted molar refractivity (Wildman–Crippen MR) is 130 cm³/mol. The number of aryl methyl sites for hydroxylation is 1. The lowest BCUT2D eigenvalue weighted by atomic mass is 10.2. The number of fused-ring (bicyclic) bond motifs is 1. The summed E-state index contributed by atoms with van der Waals surface area (Å²) in [5.74, 6) is 1.13. The van der Waals surface area contributed by atoms with Gasteiger partial charge in [-0.15, -0.1) is 0 Å². The number of nitrogens with one attached hydrogen (secondary N) is 2. The van der Waals surface area contributed by atoms with Crippen molar-refractivity contribution in [1.29, 1.82) is 0 Å². The van der Waals surface area contributed by atoms with Crippen molar-refractivity contribution in [2.45, 2.75) is 20.1 Å². The number of rotatable bonds is 8. The molecule has 0 bridgehead atoms. The van der Waals surface area contributed by atoms with Gasteiger partial charge < -0.3 is 28.6 Å². The lowest BCUT2D eigenvalue weighted by Crippen LogP contribution is -2.23. The van der Waals surface area contributed by atoms with Crippen molar-refractivity contribution < 1.29 is 23.2 Å². The summed E-state index contributed by atoms with van der Waals surface area (Å²) in [5.41, 5.74) is 2.96. The number of methoxy groups -OCH3 is 1. The summed E-state index contributed by atoms with van der Waals surface area (Å²) in [4.78, 5) is 33.8. The van der Waals surface area contributed by atoms with Crippen molar-refractivity contribution >= 4 is 23.1 Å². The van der Waals surface area contributed by atoms with E-state index in [-0.39, 0.29) is 24.1 Å². The summed E-state index contributed by atoms with van der Waals surface area (Å²) in [6, 6.07) is 15.9. The third-order valence-electron chi connectivity index (χ3n) is 5.47. The Balaban J connectivity index is 1.21. The number of aromatic nitrogens is 3. The highest BCUT2D eigenvalue weighted by molar-refractivity contribution is 6.02. The number of amides is 2. The molecular weight excluding hydrogens is 462 g/mol. The Morgan fingerprint density at radius 1 is 1.00 bits per heavy atom. The third-order valence-corrected chi connectivity index (χ3v) is 5.47. The third kappa shape index (κ3) is 4.89. The summed E-state index contributed by atoms with van der Waals surface area (Å²) in [5, 5.41) is 5.62. The van der Waals surface area contributed by atoms with Gasteiger partial charge in [-0.05, 0) is 55.5 Å². The molecule has 0 aliphatic carbocycles. The van der Waals surface area contributed by atoms with Gasteiger partial charge in [0.1, 0.15) is 35.2 Å². The average Bonchev–Trinajstić information content (AvgIpc) is 3.61. The molecule has 10 nitrogen and oxygen atoms in total. The highest BCUT2D eigenvalue weighted by Gasteiger charge is 2.16. The van der Waals surface area contributed by atoms with Crippen LogP contribution in [0.3, 0.4) is 0 Å². The number of carbonyl (C=O) groups excluding carboxylic acids is 2. The molecule has 2 N–H and O–H groups in total. The fourth-order valence-corrected chi connectivity index (χ4v) is 3.62. The van der Waals surface area contributed by atoms with Gasteiger partial charge >= 0.3 is 0 Å². The second-order valence-electron chi connectivity index (χ2n) is 8.03. The zero-order chi connectivity index (χ0) is 25.1. The molecule has 182 valence electrons. The number of benzene rings is 1. The number of hydrogen-bond donors (Lipinski definition) is 2. The van der Waals surface area contributed by atoms with Crippen LogP contribution in [0.5, 0.6) is 0 Å². The van der Waals surface area contributed by atoms with Crippen molar-refractivity contribution in [3.05, 3.63) is 95.7 Å². The van der Waals surface area contributed by atoms with E-state index in [2.05, 4.69) is 20.6 Å². The fraction of sp³-hybridized carbons (Fsp3) is 0.154. The quantitative estimate of drug-likeness (QED) is 0.337. The van der Waals surface area contributed by atoms with Gasteiger partial charge in [0.15, 0.2) is 5.76 Å². The SMILES string of the molecule is COCc1ccc(C(=O)Nc2ccc(-c3nc(CNC(=O)c4cn5ccccc5n4)c(C)o3)cc2)o1. The molecule has 1 aromatic carbocycles. The van der Waals surface area contributed by atoms with E-state index in [0.29, 0.717) is 46.7 Å². The van der Waals surface area contributed by atoms with E-state index < -0.39 is 0 Å². The lowest BCUT2D eigenvalue weighted by Gasteiger charge is -2.04. The maximum absolute atomic E-state index is 12.5. The normalized spacial score (nSPS) is 11.1. The molecule has 0 aliphatic rings. The van der Waals surface area contributed by atoms with E-state index in [9.17, 15) is 9.59 Å². The van der Waals surface area contributed by atoms with Crippen LogP contribution in [0.15, 0.2) is 75.8 Å². The van der Waals surface area contributed by atoms with Gasteiger partial charge in [0.2, 0.25) is 5.89 Å². The number of carbonyl (C=O) groups is 2. The summed E-state index contributed by atoms with van der Waals surface area (Å²) in [6.45, 7) is 2.28. The molecular formula is C26H23N5O5. The molecule has 0 aliphatic heterocycles. The number of oxazole rings is 1. The number of ether oxygens (including phenoxy) is 1. The lowest BCUT2D eigenvalue weighted by molar-refractivity contribution is 0.0944. The summed E-state index contributed by atoms with van der Waals surface area (Å²) >= 11 is 0. The number of hydrogen-bond acceptors (Lipinski definition) is 7. The van der Waals surface area contributed by atoms with Crippen molar-refractivity contribution in [2.75, 3.05) is 12.4 Å². The first kappa shape index (κ1) is 23.1. The molecule has 4 aromatic heterocycles. The summed E-state index contributed by atoms with van der Waals surface area (Å²) in [7, 11) is 1.56. The van der Waals surface area contributed by atoms with Gasteiger partial charge in [-0.3, -0.25) is 9.59 Å². The molecule has 0 unspecified atom stereocenters. The Kier molecular flexibility index (Phi) is 6.33. The van der Waals surface area contributed by atoms with E-state index in [4.69, 9.17) is 13.6 Å². The van der Waals surface area contributed by atoms with Gasteiger partial charge in [0.25, 0.3) is 11.8 Å². The van der Waals surface area contributed by atoms with E-state index in [1.165, 1.54) is 0 Å². The van der Waals surface area contributed by atoms with Crippen LogP contribution in [-0.4, -0.2) is 33.3 Å². The Morgan fingerprint density at radius 3 is 2.61 bits per heavy atom.